The lowest BCUT2D eigenvalue weighted by Crippen LogP contribution is -2.18. The third-order valence-electron chi connectivity index (χ3n) is 1.78. The Morgan fingerprint density at radius 3 is 2.77 bits per heavy atom. The summed E-state index contributed by atoms with van der Waals surface area (Å²) < 4.78 is 6.46. The summed E-state index contributed by atoms with van der Waals surface area (Å²) in [4.78, 5) is 0. The molecule has 0 radical (unpaired) electrons. The first-order chi connectivity index (χ1) is 6.13. The number of benzene rings is 1. The highest BCUT2D eigenvalue weighted by Crippen LogP contribution is 2.21. The molecule has 0 amide bonds. The number of hydrogen-bond acceptors (Lipinski definition) is 2. The Morgan fingerprint density at radius 2 is 2.23 bits per heavy atom. The van der Waals surface area contributed by atoms with E-state index >= 15 is 0 Å². The second-order valence-electron chi connectivity index (χ2n) is 3.14. The Kier molecular flexibility index (Phi) is 3.99. The molecule has 0 bridgehead atoms. The van der Waals surface area contributed by atoms with Gasteiger partial charge in [-0.25, -0.2) is 0 Å². The molecule has 0 spiro atoms. The van der Waals surface area contributed by atoms with Crippen molar-refractivity contribution in [3.05, 3.63) is 27.3 Å². The third-order valence-corrected chi connectivity index (χ3v) is 2.46. The van der Waals surface area contributed by atoms with Crippen LogP contribution in [0.15, 0.2) is 18.2 Å². The number of halogens is 1. The van der Waals surface area contributed by atoms with Gasteiger partial charge >= 0.3 is 0 Å². The minimum absolute atomic E-state index is 0.173. The summed E-state index contributed by atoms with van der Waals surface area (Å²) >= 11 is 2.29. The van der Waals surface area contributed by atoms with Crippen molar-refractivity contribution in [1.29, 1.82) is 0 Å². The molecule has 0 aliphatic heterocycles. The van der Waals surface area contributed by atoms with Crippen LogP contribution in [0.5, 0.6) is 5.75 Å². The van der Waals surface area contributed by atoms with Gasteiger partial charge in [0.1, 0.15) is 5.75 Å². The van der Waals surface area contributed by atoms with E-state index in [1.54, 1.807) is 7.11 Å². The minimum Gasteiger partial charge on any atom is -0.496 e. The molecular formula is C10H14INO. The Morgan fingerprint density at radius 1 is 1.54 bits per heavy atom. The summed E-state index contributed by atoms with van der Waals surface area (Å²) in [5.41, 5.74) is 6.92. The summed E-state index contributed by atoms with van der Waals surface area (Å²) in [6.45, 7) is 2.00. The minimum atomic E-state index is 0.173. The lowest BCUT2D eigenvalue weighted by atomic mass is 10.1. The molecule has 1 rings (SSSR count). The second kappa shape index (κ2) is 4.81. The second-order valence-corrected chi connectivity index (χ2v) is 4.38. The van der Waals surface area contributed by atoms with Gasteiger partial charge in [-0.3, -0.25) is 0 Å². The fraction of sp³-hybridized carbons (Fsp3) is 0.400. The number of rotatable bonds is 3. The summed E-state index contributed by atoms with van der Waals surface area (Å²) in [7, 11) is 1.69. The first kappa shape index (κ1) is 10.8. The molecule has 0 saturated carbocycles. The van der Waals surface area contributed by atoms with E-state index in [2.05, 4.69) is 28.7 Å². The van der Waals surface area contributed by atoms with E-state index in [9.17, 15) is 0 Å². The molecule has 1 aromatic carbocycles. The molecule has 0 fully saturated rings. The maximum Gasteiger partial charge on any atom is 0.122 e. The Bertz CT molecular complexity index is 286. The Balaban J connectivity index is 2.94. The first-order valence-corrected chi connectivity index (χ1v) is 5.29. The van der Waals surface area contributed by atoms with E-state index in [4.69, 9.17) is 10.5 Å². The average molecular weight is 291 g/mol. The quantitative estimate of drug-likeness (QED) is 0.866. The predicted octanol–water partition coefficient (Wildman–Crippen LogP) is 2.19. The van der Waals surface area contributed by atoms with Gasteiger partial charge in [0.2, 0.25) is 0 Å². The summed E-state index contributed by atoms with van der Waals surface area (Å²) in [6.07, 6.45) is 0.861. The molecule has 0 heterocycles. The highest BCUT2D eigenvalue weighted by atomic mass is 127. The third kappa shape index (κ3) is 3.15. The molecule has 1 atom stereocenters. The van der Waals surface area contributed by atoms with Crippen molar-refractivity contribution in [3.8, 4) is 5.75 Å². The normalized spacial score (nSPS) is 12.6. The largest absolute Gasteiger partial charge is 0.496 e. The van der Waals surface area contributed by atoms with Crippen molar-refractivity contribution < 1.29 is 4.74 Å². The maximum atomic E-state index is 5.74. The predicted molar refractivity (Wildman–Crippen MR) is 63.1 cm³/mol. The smallest absolute Gasteiger partial charge is 0.122 e. The van der Waals surface area contributed by atoms with Gasteiger partial charge in [-0.05, 0) is 59.7 Å². The molecule has 1 aromatic rings. The fourth-order valence-electron chi connectivity index (χ4n) is 1.25. The Labute approximate surface area is 92.6 Å². The van der Waals surface area contributed by atoms with Crippen LogP contribution in [0.4, 0.5) is 0 Å². The molecule has 2 nitrogen and oxygen atoms in total. The van der Waals surface area contributed by atoms with Crippen LogP contribution in [0.3, 0.4) is 0 Å². The summed E-state index contributed by atoms with van der Waals surface area (Å²) in [5, 5.41) is 0. The molecule has 0 aliphatic rings. The molecule has 2 N–H and O–H groups in total. The standard InChI is InChI=1S/C10H14INO/c1-7(12)5-8-6-9(11)3-4-10(8)13-2/h3-4,6-7H,5,12H2,1-2H3/t7-/m1/s1. The van der Waals surface area contributed by atoms with Gasteiger partial charge in [0.15, 0.2) is 0 Å². The van der Waals surface area contributed by atoms with E-state index in [1.165, 1.54) is 9.13 Å². The lowest BCUT2D eigenvalue weighted by molar-refractivity contribution is 0.408. The lowest BCUT2D eigenvalue weighted by Gasteiger charge is -2.10. The summed E-state index contributed by atoms with van der Waals surface area (Å²) in [6, 6.07) is 6.30. The van der Waals surface area contributed by atoms with Crippen LogP contribution in [0.2, 0.25) is 0 Å². The van der Waals surface area contributed by atoms with Crippen LogP contribution in [0.25, 0.3) is 0 Å². The number of ether oxygens (including phenoxy) is 1. The monoisotopic (exact) mass is 291 g/mol. The Hall–Kier alpha value is -0.290. The molecular weight excluding hydrogens is 277 g/mol. The zero-order valence-electron chi connectivity index (χ0n) is 7.88. The van der Waals surface area contributed by atoms with Crippen LogP contribution in [0.1, 0.15) is 12.5 Å². The van der Waals surface area contributed by atoms with Gasteiger partial charge in [0.05, 0.1) is 7.11 Å². The van der Waals surface area contributed by atoms with Crippen LogP contribution < -0.4 is 10.5 Å². The number of hydrogen-bond donors (Lipinski definition) is 1. The zero-order valence-corrected chi connectivity index (χ0v) is 10.0. The van der Waals surface area contributed by atoms with E-state index in [0.29, 0.717) is 0 Å². The molecule has 13 heavy (non-hydrogen) atoms. The van der Waals surface area contributed by atoms with Crippen molar-refractivity contribution in [3.63, 3.8) is 0 Å². The first-order valence-electron chi connectivity index (χ1n) is 4.21. The molecule has 0 unspecified atom stereocenters. The van der Waals surface area contributed by atoms with Crippen molar-refractivity contribution in [2.45, 2.75) is 19.4 Å². The molecule has 0 aromatic heterocycles. The zero-order chi connectivity index (χ0) is 9.84. The molecule has 0 saturated heterocycles. The van der Waals surface area contributed by atoms with Crippen LogP contribution in [-0.2, 0) is 6.42 Å². The van der Waals surface area contributed by atoms with Crippen molar-refractivity contribution in [1.82, 2.24) is 0 Å². The fourth-order valence-corrected chi connectivity index (χ4v) is 1.81. The highest BCUT2D eigenvalue weighted by molar-refractivity contribution is 14.1. The summed E-state index contributed by atoms with van der Waals surface area (Å²) in [5.74, 6) is 0.928. The van der Waals surface area contributed by atoms with E-state index in [1.807, 2.05) is 19.1 Å². The van der Waals surface area contributed by atoms with Gasteiger partial charge in [-0.1, -0.05) is 0 Å². The average Bonchev–Trinajstić information content (AvgIpc) is 2.03. The SMILES string of the molecule is COc1ccc(I)cc1C[C@@H](C)N. The van der Waals surface area contributed by atoms with Gasteiger partial charge in [0.25, 0.3) is 0 Å². The van der Waals surface area contributed by atoms with E-state index in [-0.39, 0.29) is 6.04 Å². The van der Waals surface area contributed by atoms with E-state index < -0.39 is 0 Å². The van der Waals surface area contributed by atoms with Crippen molar-refractivity contribution in [2.75, 3.05) is 7.11 Å². The van der Waals surface area contributed by atoms with Gasteiger partial charge in [-0.2, -0.15) is 0 Å². The molecule has 0 aliphatic carbocycles. The molecule has 3 heteroatoms. The van der Waals surface area contributed by atoms with Crippen LogP contribution in [-0.4, -0.2) is 13.2 Å². The van der Waals surface area contributed by atoms with Gasteiger partial charge < -0.3 is 10.5 Å². The highest BCUT2D eigenvalue weighted by Gasteiger charge is 2.05. The van der Waals surface area contributed by atoms with Crippen LogP contribution >= 0.6 is 22.6 Å². The van der Waals surface area contributed by atoms with Gasteiger partial charge in [-0.15, -0.1) is 0 Å². The number of nitrogens with two attached hydrogens (primary N) is 1. The molecule has 72 valence electrons. The topological polar surface area (TPSA) is 35.2 Å². The van der Waals surface area contributed by atoms with Crippen LogP contribution in [0, 0.1) is 3.57 Å². The van der Waals surface area contributed by atoms with Crippen molar-refractivity contribution in [2.24, 2.45) is 5.73 Å². The maximum absolute atomic E-state index is 5.74. The van der Waals surface area contributed by atoms with Gasteiger partial charge in [0, 0.05) is 9.61 Å². The van der Waals surface area contributed by atoms with Crippen molar-refractivity contribution >= 4 is 22.6 Å². The van der Waals surface area contributed by atoms with E-state index in [0.717, 1.165) is 12.2 Å². The number of methoxy groups -OCH3 is 1.